The number of piperidine rings is 1. The number of hydrogen-bond donors (Lipinski definition) is 2. The average Bonchev–Trinajstić information content (AvgIpc) is 3.69. The van der Waals surface area contributed by atoms with Gasteiger partial charge < -0.3 is 20.3 Å². The Morgan fingerprint density at radius 3 is 2.50 bits per heavy atom. The first kappa shape index (κ1) is 28.6. The Morgan fingerprint density at radius 2 is 1.85 bits per heavy atom. The van der Waals surface area contributed by atoms with Crippen LogP contribution in [0.25, 0.3) is 10.1 Å². The monoisotopic (exact) mass is 591 g/mol. The summed E-state index contributed by atoms with van der Waals surface area (Å²) in [7, 11) is -1.96. The molecular formula is C29H32F3N3O3S2. The van der Waals surface area contributed by atoms with Crippen LogP contribution in [0.4, 0.5) is 24.5 Å². The quantitative estimate of drug-likeness (QED) is 0.317. The number of fused-ring (bicyclic) bond motifs is 1. The molecule has 0 amide bonds. The Kier molecular flexibility index (Phi) is 8.22. The third kappa shape index (κ3) is 6.85. The van der Waals surface area contributed by atoms with Crippen molar-refractivity contribution < 1.29 is 26.3 Å². The van der Waals surface area contributed by atoms with Gasteiger partial charge >= 0.3 is 6.18 Å². The van der Waals surface area contributed by atoms with Crippen molar-refractivity contribution >= 4 is 42.6 Å². The second-order valence-corrected chi connectivity index (χ2v) is 13.4. The van der Waals surface area contributed by atoms with Crippen LogP contribution in [0.1, 0.15) is 36.1 Å². The summed E-state index contributed by atoms with van der Waals surface area (Å²) in [4.78, 5) is 3.06. The van der Waals surface area contributed by atoms with Gasteiger partial charge in [0.05, 0.1) is 45.9 Å². The predicted octanol–water partition coefficient (Wildman–Crippen LogP) is 5.92. The minimum Gasteiger partial charge on any atom is -0.495 e. The smallest absolute Gasteiger partial charge is 0.393 e. The summed E-state index contributed by atoms with van der Waals surface area (Å²) in [6.07, 6.45) is 0.308. The topological polar surface area (TPSA) is 70.7 Å². The lowest BCUT2D eigenvalue weighted by Gasteiger charge is -2.33. The van der Waals surface area contributed by atoms with Gasteiger partial charge in [-0.05, 0) is 54.8 Å². The lowest BCUT2D eigenvalue weighted by Crippen LogP contribution is -2.40. The maximum atomic E-state index is 13.6. The average molecular weight is 592 g/mol. The van der Waals surface area contributed by atoms with E-state index in [0.717, 1.165) is 48.6 Å². The first-order chi connectivity index (χ1) is 19.0. The highest BCUT2D eigenvalue weighted by molar-refractivity contribution is 7.90. The number of sulfone groups is 1. The summed E-state index contributed by atoms with van der Waals surface area (Å²) >= 11 is 1.29. The number of ether oxygens (including phenoxy) is 1. The van der Waals surface area contributed by atoms with E-state index in [1.54, 1.807) is 12.1 Å². The lowest BCUT2D eigenvalue weighted by atomic mass is 10.0. The van der Waals surface area contributed by atoms with Crippen molar-refractivity contribution in [1.29, 1.82) is 0 Å². The maximum absolute atomic E-state index is 13.6. The highest BCUT2D eigenvalue weighted by Crippen LogP contribution is 2.40. The maximum Gasteiger partial charge on any atom is 0.393 e. The molecule has 0 atom stereocenters. The number of likely N-dealkylation sites (tertiary alicyclic amines) is 1. The van der Waals surface area contributed by atoms with E-state index in [4.69, 9.17) is 4.74 Å². The second-order valence-electron chi connectivity index (χ2n) is 10.4. The third-order valence-corrected chi connectivity index (χ3v) is 9.63. The van der Waals surface area contributed by atoms with Crippen LogP contribution in [-0.4, -0.2) is 64.6 Å². The van der Waals surface area contributed by atoms with Crippen molar-refractivity contribution in [3.05, 3.63) is 46.8 Å². The third-order valence-electron chi connectivity index (χ3n) is 7.32. The summed E-state index contributed by atoms with van der Waals surface area (Å²) in [6, 6.07) is 11.0. The van der Waals surface area contributed by atoms with Gasteiger partial charge in [-0.15, -0.1) is 11.3 Å². The number of rotatable bonds is 8. The molecule has 6 nitrogen and oxygen atoms in total. The van der Waals surface area contributed by atoms with Gasteiger partial charge in [0, 0.05) is 37.5 Å². The van der Waals surface area contributed by atoms with Crippen LogP contribution >= 0.6 is 11.3 Å². The number of hydrogen-bond acceptors (Lipinski definition) is 7. The number of alkyl halides is 3. The highest BCUT2D eigenvalue weighted by Gasteiger charge is 2.33. The summed E-state index contributed by atoms with van der Waals surface area (Å²) in [5.41, 5.74) is 1.59. The van der Waals surface area contributed by atoms with Crippen molar-refractivity contribution in [2.24, 2.45) is 0 Å². The number of nitrogens with one attached hydrogen (secondary N) is 2. The zero-order chi connectivity index (χ0) is 28.5. The molecule has 2 aromatic carbocycles. The standard InChI is InChI=1S/C29H32F3N3O3S2/c1-38-26-17-21(40(2,36)37)10-11-24(26)33-14-4-7-27-23(18-29(30,31)32)22-5-3-6-25(28(22)39-27)34-19-12-15-35(16-13-19)20-8-9-20/h3,5-6,10-11,17,19-20,33-34H,8-9,12-16,18H2,1-2H3. The molecule has 11 heteroatoms. The van der Waals surface area contributed by atoms with Gasteiger partial charge in [0.1, 0.15) is 5.75 Å². The van der Waals surface area contributed by atoms with Gasteiger partial charge in [-0.2, -0.15) is 13.2 Å². The van der Waals surface area contributed by atoms with Gasteiger partial charge in [0.15, 0.2) is 9.84 Å². The number of methoxy groups -OCH3 is 1. The summed E-state index contributed by atoms with van der Waals surface area (Å²) in [5.74, 6) is 6.23. The molecule has 0 bridgehead atoms. The van der Waals surface area contributed by atoms with Gasteiger partial charge in [-0.25, -0.2) is 8.42 Å². The van der Waals surface area contributed by atoms with Crippen LogP contribution in [0.5, 0.6) is 5.75 Å². The lowest BCUT2D eigenvalue weighted by molar-refractivity contribution is -0.126. The molecule has 0 spiro atoms. The molecule has 0 radical (unpaired) electrons. The molecule has 2 fully saturated rings. The van der Waals surface area contributed by atoms with Crippen molar-refractivity contribution in [2.75, 3.05) is 43.6 Å². The van der Waals surface area contributed by atoms with Gasteiger partial charge in [-0.1, -0.05) is 24.0 Å². The summed E-state index contributed by atoms with van der Waals surface area (Å²) in [5, 5.41) is 7.26. The molecule has 40 heavy (non-hydrogen) atoms. The van der Waals surface area contributed by atoms with Crippen LogP contribution in [0.15, 0.2) is 41.3 Å². The Morgan fingerprint density at radius 1 is 1.10 bits per heavy atom. The predicted molar refractivity (Wildman–Crippen MR) is 154 cm³/mol. The summed E-state index contributed by atoms with van der Waals surface area (Å²) < 4.78 is 70.5. The van der Waals surface area contributed by atoms with E-state index in [9.17, 15) is 21.6 Å². The molecular weight excluding hydrogens is 559 g/mol. The SMILES string of the molecule is COc1cc(S(C)(=O)=O)ccc1NCC#Cc1sc2c(NC3CCN(C4CC4)CC3)cccc2c1CC(F)(F)F. The Labute approximate surface area is 236 Å². The van der Waals surface area contributed by atoms with E-state index in [-0.39, 0.29) is 23.0 Å². The van der Waals surface area contributed by atoms with Crippen LogP contribution in [0, 0.1) is 11.8 Å². The number of halogens is 3. The summed E-state index contributed by atoms with van der Waals surface area (Å²) in [6.45, 7) is 2.24. The normalized spacial score (nSPS) is 16.9. The van der Waals surface area contributed by atoms with Crippen molar-refractivity contribution in [1.82, 2.24) is 4.90 Å². The molecule has 1 saturated carbocycles. The molecule has 1 aliphatic carbocycles. The molecule has 0 unspecified atom stereocenters. The van der Waals surface area contributed by atoms with Crippen molar-refractivity contribution in [3.63, 3.8) is 0 Å². The second kappa shape index (κ2) is 11.5. The number of nitrogens with zero attached hydrogens (tertiary/aromatic N) is 1. The van der Waals surface area contributed by atoms with Crippen molar-refractivity contribution in [3.8, 4) is 17.6 Å². The van der Waals surface area contributed by atoms with Crippen molar-refractivity contribution in [2.45, 2.75) is 55.3 Å². The molecule has 2 aliphatic rings. The first-order valence-corrected chi connectivity index (χ1v) is 15.9. The zero-order valence-corrected chi connectivity index (χ0v) is 24.0. The largest absolute Gasteiger partial charge is 0.495 e. The van der Waals surface area contributed by atoms with E-state index >= 15 is 0 Å². The Balaban J connectivity index is 1.36. The fraction of sp³-hybridized carbons (Fsp3) is 0.448. The minimum atomic E-state index is -4.36. The number of benzene rings is 2. The number of thiophene rings is 1. The molecule has 3 aromatic rings. The van der Waals surface area contributed by atoms with E-state index in [1.807, 2.05) is 12.1 Å². The molecule has 1 saturated heterocycles. The van der Waals surface area contributed by atoms with Crippen LogP contribution in [0.2, 0.25) is 0 Å². The van der Waals surface area contributed by atoms with E-state index < -0.39 is 22.4 Å². The van der Waals surface area contributed by atoms with Gasteiger partial charge in [0.25, 0.3) is 0 Å². The molecule has 1 aliphatic heterocycles. The van der Waals surface area contributed by atoms with E-state index in [2.05, 4.69) is 27.4 Å². The van der Waals surface area contributed by atoms with E-state index in [1.165, 1.54) is 43.4 Å². The molecule has 2 heterocycles. The van der Waals surface area contributed by atoms with E-state index in [0.29, 0.717) is 21.7 Å². The van der Waals surface area contributed by atoms with Crippen LogP contribution in [-0.2, 0) is 16.3 Å². The zero-order valence-electron chi connectivity index (χ0n) is 22.4. The Bertz CT molecular complexity index is 1550. The molecule has 5 rings (SSSR count). The number of anilines is 2. The fourth-order valence-electron chi connectivity index (χ4n) is 5.14. The van der Waals surface area contributed by atoms with Crippen LogP contribution in [0.3, 0.4) is 0 Å². The van der Waals surface area contributed by atoms with Gasteiger partial charge in [0.2, 0.25) is 0 Å². The molecule has 2 N–H and O–H groups in total. The first-order valence-electron chi connectivity index (χ1n) is 13.2. The minimum absolute atomic E-state index is 0.126. The van der Waals surface area contributed by atoms with Crippen LogP contribution < -0.4 is 15.4 Å². The fourth-order valence-corrected chi connectivity index (χ4v) is 6.95. The van der Waals surface area contributed by atoms with Gasteiger partial charge in [-0.3, -0.25) is 0 Å². The highest BCUT2D eigenvalue weighted by atomic mass is 32.2. The molecule has 1 aromatic heterocycles. The Hall–Kier alpha value is -2.94. The molecule has 214 valence electrons.